The molecular weight excluding hydrogens is 201 g/mol. The van der Waals surface area contributed by atoms with Gasteiger partial charge in [0.05, 0.1) is 11.0 Å². The standard InChI is InChI=1S/C9H6FN3O2/c10-7-5-8(12)9(13(14)15)4-6(7)2-1-3-11/h1-2,4-5H,12H2. The van der Waals surface area contributed by atoms with Crippen LogP contribution in [0.25, 0.3) is 6.08 Å². The van der Waals surface area contributed by atoms with Gasteiger partial charge in [-0.25, -0.2) is 4.39 Å². The highest BCUT2D eigenvalue weighted by Crippen LogP contribution is 2.25. The van der Waals surface area contributed by atoms with E-state index in [1.54, 1.807) is 6.07 Å². The van der Waals surface area contributed by atoms with Gasteiger partial charge in [0.15, 0.2) is 0 Å². The monoisotopic (exact) mass is 207 g/mol. The number of rotatable bonds is 2. The molecule has 1 aromatic rings. The fraction of sp³-hybridized carbons (Fsp3) is 0. The van der Waals surface area contributed by atoms with Crippen LogP contribution in [0.2, 0.25) is 0 Å². The lowest BCUT2D eigenvalue weighted by atomic mass is 10.1. The van der Waals surface area contributed by atoms with E-state index in [-0.39, 0.29) is 16.9 Å². The number of halogens is 1. The minimum absolute atomic E-state index is 0.0440. The molecule has 0 aliphatic rings. The maximum atomic E-state index is 13.2. The predicted octanol–water partition coefficient (Wildman–Crippen LogP) is 1.85. The van der Waals surface area contributed by atoms with Crippen molar-refractivity contribution in [3.05, 3.63) is 39.7 Å². The van der Waals surface area contributed by atoms with Crippen LogP contribution in [0.3, 0.4) is 0 Å². The summed E-state index contributed by atoms with van der Waals surface area (Å²) < 4.78 is 13.2. The molecule has 0 aliphatic carbocycles. The van der Waals surface area contributed by atoms with Crippen LogP contribution in [0, 0.1) is 27.3 Å². The van der Waals surface area contributed by atoms with Gasteiger partial charge in [0, 0.05) is 23.8 Å². The Morgan fingerprint density at radius 2 is 2.27 bits per heavy atom. The lowest BCUT2D eigenvalue weighted by Crippen LogP contribution is -1.97. The molecule has 1 aromatic carbocycles. The Morgan fingerprint density at radius 1 is 1.60 bits per heavy atom. The highest BCUT2D eigenvalue weighted by molar-refractivity contribution is 5.65. The van der Waals surface area contributed by atoms with Gasteiger partial charge in [-0.1, -0.05) is 0 Å². The lowest BCUT2D eigenvalue weighted by molar-refractivity contribution is -0.383. The Balaban J connectivity index is 3.31. The number of hydrogen-bond acceptors (Lipinski definition) is 4. The molecule has 0 saturated carbocycles. The SMILES string of the molecule is N#CC=Cc1cc([N+](=O)[O-])c(N)cc1F. The van der Waals surface area contributed by atoms with Crippen LogP contribution in [-0.2, 0) is 0 Å². The van der Waals surface area contributed by atoms with Crippen LogP contribution in [0.4, 0.5) is 15.8 Å². The fourth-order valence-corrected chi connectivity index (χ4v) is 1.01. The van der Waals surface area contributed by atoms with Gasteiger partial charge < -0.3 is 5.73 Å². The van der Waals surface area contributed by atoms with E-state index in [0.29, 0.717) is 0 Å². The van der Waals surface area contributed by atoms with Crippen LogP contribution in [0.5, 0.6) is 0 Å². The van der Waals surface area contributed by atoms with Gasteiger partial charge in [-0.2, -0.15) is 5.26 Å². The van der Waals surface area contributed by atoms with Crippen molar-refractivity contribution in [1.82, 2.24) is 0 Å². The van der Waals surface area contributed by atoms with Crippen molar-refractivity contribution in [2.24, 2.45) is 0 Å². The zero-order valence-electron chi connectivity index (χ0n) is 7.48. The maximum absolute atomic E-state index is 13.2. The summed E-state index contributed by atoms with van der Waals surface area (Å²) in [7, 11) is 0. The van der Waals surface area contributed by atoms with Crippen LogP contribution in [0.1, 0.15) is 5.56 Å². The number of hydrogen-bond donors (Lipinski definition) is 1. The molecule has 0 amide bonds. The van der Waals surface area contributed by atoms with Crippen molar-refractivity contribution in [3.63, 3.8) is 0 Å². The molecule has 5 nitrogen and oxygen atoms in total. The van der Waals surface area contributed by atoms with Gasteiger partial charge in [0.25, 0.3) is 5.69 Å². The zero-order chi connectivity index (χ0) is 11.4. The normalized spacial score (nSPS) is 10.1. The quantitative estimate of drug-likeness (QED) is 0.346. The number of allylic oxidation sites excluding steroid dienone is 1. The maximum Gasteiger partial charge on any atom is 0.292 e. The molecule has 0 fully saturated rings. The molecule has 0 aliphatic heterocycles. The van der Waals surface area contributed by atoms with E-state index in [1.807, 2.05) is 0 Å². The second-order valence-electron chi connectivity index (χ2n) is 2.65. The molecule has 0 unspecified atom stereocenters. The molecule has 0 heterocycles. The Bertz CT molecular complexity index is 477. The number of anilines is 1. The summed E-state index contributed by atoms with van der Waals surface area (Å²) in [6.45, 7) is 0. The minimum Gasteiger partial charge on any atom is -0.393 e. The predicted molar refractivity (Wildman–Crippen MR) is 52.1 cm³/mol. The van der Waals surface area contributed by atoms with Gasteiger partial charge in [-0.15, -0.1) is 0 Å². The van der Waals surface area contributed by atoms with E-state index in [1.165, 1.54) is 0 Å². The molecule has 0 aromatic heterocycles. The molecule has 15 heavy (non-hydrogen) atoms. The summed E-state index contributed by atoms with van der Waals surface area (Å²) >= 11 is 0. The van der Waals surface area contributed by atoms with Crippen LogP contribution < -0.4 is 5.73 Å². The third kappa shape index (κ3) is 2.28. The summed E-state index contributed by atoms with van der Waals surface area (Å²) in [6, 6.07) is 3.50. The summed E-state index contributed by atoms with van der Waals surface area (Å²) in [5.41, 5.74) is 4.58. The van der Waals surface area contributed by atoms with Gasteiger partial charge in [0.1, 0.15) is 11.5 Å². The van der Waals surface area contributed by atoms with Crippen molar-refractivity contribution < 1.29 is 9.31 Å². The fourth-order valence-electron chi connectivity index (χ4n) is 1.01. The number of benzene rings is 1. The molecule has 0 saturated heterocycles. The first-order chi connectivity index (χ1) is 7.06. The molecule has 0 spiro atoms. The number of nitrogens with two attached hydrogens (primary N) is 1. The average molecular weight is 207 g/mol. The van der Waals surface area contributed by atoms with E-state index in [0.717, 1.165) is 24.3 Å². The topological polar surface area (TPSA) is 92.9 Å². The first kappa shape index (κ1) is 10.7. The lowest BCUT2D eigenvalue weighted by Gasteiger charge is -2.00. The third-order valence-electron chi connectivity index (χ3n) is 1.68. The summed E-state index contributed by atoms with van der Waals surface area (Å²) in [6.07, 6.45) is 2.17. The number of nitrogens with zero attached hydrogens (tertiary/aromatic N) is 2. The van der Waals surface area contributed by atoms with Crippen LogP contribution >= 0.6 is 0 Å². The number of nitro groups is 1. The number of nitrogen functional groups attached to an aromatic ring is 1. The van der Waals surface area contributed by atoms with E-state index >= 15 is 0 Å². The van der Waals surface area contributed by atoms with E-state index < -0.39 is 10.7 Å². The first-order valence-corrected chi connectivity index (χ1v) is 3.86. The van der Waals surface area contributed by atoms with Crippen LogP contribution in [0.15, 0.2) is 18.2 Å². The van der Waals surface area contributed by atoms with E-state index in [2.05, 4.69) is 0 Å². The molecule has 2 N–H and O–H groups in total. The van der Waals surface area contributed by atoms with Gasteiger partial charge >= 0.3 is 0 Å². The molecule has 0 atom stereocenters. The first-order valence-electron chi connectivity index (χ1n) is 3.86. The van der Waals surface area contributed by atoms with E-state index in [9.17, 15) is 14.5 Å². The summed E-state index contributed by atoms with van der Waals surface area (Å²) in [4.78, 5) is 9.76. The van der Waals surface area contributed by atoms with Crippen molar-refractivity contribution in [3.8, 4) is 6.07 Å². The van der Waals surface area contributed by atoms with Gasteiger partial charge in [0.2, 0.25) is 0 Å². The van der Waals surface area contributed by atoms with Crippen molar-refractivity contribution in [2.45, 2.75) is 0 Å². The molecule has 0 bridgehead atoms. The summed E-state index contributed by atoms with van der Waals surface area (Å²) in [5, 5.41) is 18.7. The molecular formula is C9H6FN3O2. The zero-order valence-corrected chi connectivity index (χ0v) is 7.48. The highest BCUT2D eigenvalue weighted by atomic mass is 19.1. The second-order valence-corrected chi connectivity index (χ2v) is 2.65. The Morgan fingerprint density at radius 3 is 2.80 bits per heavy atom. The van der Waals surface area contributed by atoms with Crippen molar-refractivity contribution in [1.29, 1.82) is 5.26 Å². The van der Waals surface area contributed by atoms with Gasteiger partial charge in [-0.05, 0) is 6.08 Å². The van der Waals surface area contributed by atoms with Crippen molar-refractivity contribution in [2.75, 3.05) is 5.73 Å². The molecule has 1 rings (SSSR count). The number of nitriles is 1. The Hall–Kier alpha value is -2.42. The smallest absolute Gasteiger partial charge is 0.292 e. The minimum atomic E-state index is -0.710. The highest BCUT2D eigenvalue weighted by Gasteiger charge is 2.14. The van der Waals surface area contributed by atoms with Crippen LogP contribution in [-0.4, -0.2) is 4.92 Å². The summed E-state index contributed by atoms with van der Waals surface area (Å²) in [5.74, 6) is -0.704. The van der Waals surface area contributed by atoms with Crippen molar-refractivity contribution >= 4 is 17.5 Å². The molecule has 6 heteroatoms. The Kier molecular flexibility index (Phi) is 2.98. The third-order valence-corrected chi connectivity index (χ3v) is 1.68. The molecule has 76 valence electrons. The Labute approximate surface area is 84.4 Å². The largest absolute Gasteiger partial charge is 0.393 e. The number of nitro benzene ring substituents is 1. The molecule has 0 radical (unpaired) electrons. The second kappa shape index (κ2) is 4.19. The van der Waals surface area contributed by atoms with E-state index in [4.69, 9.17) is 11.0 Å². The van der Waals surface area contributed by atoms with Gasteiger partial charge in [-0.3, -0.25) is 10.1 Å². The average Bonchev–Trinajstić information content (AvgIpc) is 2.16.